The Morgan fingerprint density at radius 1 is 0.893 bits per heavy atom. The fourth-order valence-electron chi connectivity index (χ4n) is 3.23. The zero-order chi connectivity index (χ0) is 20.4. The molecule has 0 heterocycles. The van der Waals surface area contributed by atoms with E-state index in [4.69, 9.17) is 0 Å². The number of hydrogen-bond acceptors (Lipinski definition) is 2. The van der Waals surface area contributed by atoms with Gasteiger partial charge in [-0.2, -0.15) is 0 Å². The van der Waals surface area contributed by atoms with Gasteiger partial charge in [-0.05, 0) is 23.5 Å². The molecule has 150 valence electrons. The van der Waals surface area contributed by atoms with Gasteiger partial charge in [-0.1, -0.05) is 74.5 Å². The Hall–Kier alpha value is -2.62. The van der Waals surface area contributed by atoms with Gasteiger partial charge in [0, 0.05) is 38.9 Å². The van der Waals surface area contributed by atoms with Crippen LogP contribution >= 0.6 is 0 Å². The maximum Gasteiger partial charge on any atom is 0.221 e. The molecular weight excluding hydrogens is 348 g/mol. The largest absolute Gasteiger partial charge is 0.354 e. The van der Waals surface area contributed by atoms with Crippen molar-refractivity contribution in [2.45, 2.75) is 39.5 Å². The second kappa shape index (κ2) is 11.3. The second-order valence-electron chi connectivity index (χ2n) is 7.62. The van der Waals surface area contributed by atoms with E-state index in [0.29, 0.717) is 25.4 Å². The summed E-state index contributed by atoms with van der Waals surface area (Å²) in [4.78, 5) is 26.2. The molecule has 0 saturated carbocycles. The second-order valence-corrected chi connectivity index (χ2v) is 7.62. The predicted molar refractivity (Wildman–Crippen MR) is 114 cm³/mol. The van der Waals surface area contributed by atoms with E-state index >= 15 is 0 Å². The summed E-state index contributed by atoms with van der Waals surface area (Å²) < 4.78 is 0. The van der Waals surface area contributed by atoms with Crippen molar-refractivity contribution in [2.24, 2.45) is 5.92 Å². The third-order valence-corrected chi connectivity index (χ3v) is 4.92. The topological polar surface area (TPSA) is 49.4 Å². The Labute approximate surface area is 169 Å². The monoisotopic (exact) mass is 380 g/mol. The van der Waals surface area contributed by atoms with Gasteiger partial charge in [0.05, 0.1) is 0 Å². The summed E-state index contributed by atoms with van der Waals surface area (Å²) in [6.45, 7) is 7.64. The molecule has 4 nitrogen and oxygen atoms in total. The van der Waals surface area contributed by atoms with Gasteiger partial charge in [0.1, 0.15) is 0 Å². The molecular formula is C24H32N2O2. The maximum atomic E-state index is 12.6. The average Bonchev–Trinajstić information content (AvgIpc) is 2.69. The third-order valence-electron chi connectivity index (χ3n) is 4.92. The quantitative estimate of drug-likeness (QED) is 0.671. The number of nitrogens with zero attached hydrogens (tertiary/aromatic N) is 1. The van der Waals surface area contributed by atoms with Crippen molar-refractivity contribution in [2.75, 3.05) is 19.6 Å². The lowest BCUT2D eigenvalue weighted by atomic mass is 9.88. The van der Waals surface area contributed by atoms with E-state index in [0.717, 1.165) is 24.1 Å². The highest BCUT2D eigenvalue weighted by atomic mass is 16.2. The van der Waals surface area contributed by atoms with E-state index < -0.39 is 0 Å². The molecule has 0 radical (unpaired) electrons. The summed E-state index contributed by atoms with van der Waals surface area (Å²) in [6, 6.07) is 20.2. The average molecular weight is 381 g/mol. The fraction of sp³-hybridized carbons (Fsp3) is 0.417. The Bertz CT molecular complexity index is 689. The molecule has 1 N–H and O–H groups in total. The van der Waals surface area contributed by atoms with Crippen LogP contribution in [0.1, 0.15) is 50.7 Å². The number of carbonyl (C=O) groups is 2. The first-order chi connectivity index (χ1) is 13.5. The van der Waals surface area contributed by atoms with E-state index in [1.165, 1.54) is 0 Å². The first-order valence-electron chi connectivity index (χ1n) is 10.1. The molecule has 28 heavy (non-hydrogen) atoms. The molecule has 0 bridgehead atoms. The molecule has 0 fully saturated rings. The van der Waals surface area contributed by atoms with Crippen molar-refractivity contribution in [3.8, 4) is 0 Å². The summed E-state index contributed by atoms with van der Waals surface area (Å²) in [7, 11) is 0. The van der Waals surface area contributed by atoms with Crippen LogP contribution in [0.4, 0.5) is 0 Å². The van der Waals surface area contributed by atoms with Crippen LogP contribution in [-0.4, -0.2) is 36.3 Å². The van der Waals surface area contributed by atoms with Crippen molar-refractivity contribution >= 4 is 11.8 Å². The Morgan fingerprint density at radius 3 is 1.89 bits per heavy atom. The minimum Gasteiger partial charge on any atom is -0.354 e. The van der Waals surface area contributed by atoms with Gasteiger partial charge in [-0.25, -0.2) is 0 Å². The van der Waals surface area contributed by atoms with Crippen molar-refractivity contribution in [1.29, 1.82) is 0 Å². The van der Waals surface area contributed by atoms with Crippen molar-refractivity contribution in [3.63, 3.8) is 0 Å². The molecule has 0 unspecified atom stereocenters. The van der Waals surface area contributed by atoms with Gasteiger partial charge in [0.2, 0.25) is 11.8 Å². The number of nitrogens with one attached hydrogen (secondary N) is 1. The third kappa shape index (κ3) is 7.18. The van der Waals surface area contributed by atoms with Crippen LogP contribution in [0, 0.1) is 5.92 Å². The van der Waals surface area contributed by atoms with Gasteiger partial charge in [-0.3, -0.25) is 9.59 Å². The zero-order valence-electron chi connectivity index (χ0n) is 17.2. The first-order valence-corrected chi connectivity index (χ1v) is 10.1. The molecule has 2 aromatic carbocycles. The summed E-state index contributed by atoms with van der Waals surface area (Å²) in [5.74, 6) is 0.632. The first kappa shape index (κ1) is 21.7. The zero-order valence-corrected chi connectivity index (χ0v) is 17.2. The molecule has 0 aliphatic carbocycles. The minimum absolute atomic E-state index is 0.00469. The van der Waals surface area contributed by atoms with Gasteiger partial charge >= 0.3 is 0 Å². The number of hydrogen-bond donors (Lipinski definition) is 1. The van der Waals surface area contributed by atoms with E-state index in [1.807, 2.05) is 41.3 Å². The minimum atomic E-state index is 0.00469. The van der Waals surface area contributed by atoms with Crippen LogP contribution < -0.4 is 5.32 Å². The van der Waals surface area contributed by atoms with Crippen molar-refractivity contribution < 1.29 is 9.59 Å². The summed E-state index contributed by atoms with van der Waals surface area (Å²) in [5, 5.41) is 2.99. The molecule has 2 rings (SSSR count). The fourth-order valence-corrected chi connectivity index (χ4v) is 3.23. The Kier molecular flexibility index (Phi) is 8.73. The number of benzene rings is 2. The number of rotatable bonds is 10. The maximum absolute atomic E-state index is 12.6. The number of carbonyl (C=O) groups excluding carboxylic acids is 2. The lowest BCUT2D eigenvalue weighted by Crippen LogP contribution is -2.38. The lowest BCUT2D eigenvalue weighted by Gasteiger charge is -2.23. The van der Waals surface area contributed by atoms with E-state index in [2.05, 4.69) is 43.4 Å². The van der Waals surface area contributed by atoms with Crippen LogP contribution in [0.5, 0.6) is 0 Å². The van der Waals surface area contributed by atoms with Gasteiger partial charge in [-0.15, -0.1) is 0 Å². The molecule has 0 spiro atoms. The lowest BCUT2D eigenvalue weighted by molar-refractivity contribution is -0.129. The normalized spacial score (nSPS) is 10.9. The summed E-state index contributed by atoms with van der Waals surface area (Å²) >= 11 is 0. The SMILES string of the molecule is CC(=O)N(CCNC(=O)CC(c1ccccc1)c1ccccc1)CCC(C)C. The Balaban J connectivity index is 1.94. The molecule has 0 aliphatic heterocycles. The molecule has 0 aliphatic rings. The van der Waals surface area contributed by atoms with Gasteiger partial charge < -0.3 is 10.2 Å². The molecule has 4 heteroatoms. The molecule has 0 aromatic heterocycles. The van der Waals surface area contributed by atoms with Crippen LogP contribution in [-0.2, 0) is 9.59 Å². The van der Waals surface area contributed by atoms with E-state index in [1.54, 1.807) is 6.92 Å². The van der Waals surface area contributed by atoms with Gasteiger partial charge in [0.15, 0.2) is 0 Å². The highest BCUT2D eigenvalue weighted by molar-refractivity contribution is 5.77. The van der Waals surface area contributed by atoms with Crippen molar-refractivity contribution in [1.82, 2.24) is 10.2 Å². The highest BCUT2D eigenvalue weighted by Crippen LogP contribution is 2.27. The van der Waals surface area contributed by atoms with Crippen LogP contribution in [0.15, 0.2) is 60.7 Å². The summed E-state index contributed by atoms with van der Waals surface area (Å²) in [5.41, 5.74) is 2.26. The molecule has 0 atom stereocenters. The number of amides is 2. The van der Waals surface area contributed by atoms with Crippen LogP contribution in [0.3, 0.4) is 0 Å². The molecule has 0 saturated heterocycles. The predicted octanol–water partition coefficient (Wildman–Crippen LogP) is 4.22. The van der Waals surface area contributed by atoms with Crippen molar-refractivity contribution in [3.05, 3.63) is 71.8 Å². The highest BCUT2D eigenvalue weighted by Gasteiger charge is 2.18. The summed E-state index contributed by atoms with van der Waals surface area (Å²) in [6.07, 6.45) is 1.36. The van der Waals surface area contributed by atoms with E-state index in [-0.39, 0.29) is 17.7 Å². The van der Waals surface area contributed by atoms with Crippen LogP contribution in [0.2, 0.25) is 0 Å². The Morgan fingerprint density at radius 2 is 1.43 bits per heavy atom. The van der Waals surface area contributed by atoms with Gasteiger partial charge in [0.25, 0.3) is 0 Å². The molecule has 2 aromatic rings. The van der Waals surface area contributed by atoms with Crippen LogP contribution in [0.25, 0.3) is 0 Å². The van der Waals surface area contributed by atoms with E-state index in [9.17, 15) is 9.59 Å². The smallest absolute Gasteiger partial charge is 0.221 e. The molecule has 2 amide bonds. The standard InChI is InChI=1S/C24H32N2O2/c1-19(2)14-16-26(20(3)27)17-15-25-24(28)18-23(21-10-6-4-7-11-21)22-12-8-5-9-13-22/h4-13,19,23H,14-18H2,1-3H3,(H,25,28).